The molecule has 1 aromatic carbocycles. The molecule has 10 heteroatoms. The molecule has 1 saturated carbocycles. The summed E-state index contributed by atoms with van der Waals surface area (Å²) in [5, 5.41) is 22.4. The maximum Gasteiger partial charge on any atom is 0.236 e. The van der Waals surface area contributed by atoms with Crippen LogP contribution in [0.4, 0.5) is 5.13 Å². The Labute approximate surface area is 221 Å². The van der Waals surface area contributed by atoms with Crippen molar-refractivity contribution in [3.8, 4) is 5.75 Å². The predicted octanol–water partition coefficient (Wildman–Crippen LogP) is 6.37. The van der Waals surface area contributed by atoms with Crippen LogP contribution < -0.4 is 10.1 Å². The number of benzene rings is 1. The van der Waals surface area contributed by atoms with E-state index in [0.717, 1.165) is 29.4 Å². The van der Waals surface area contributed by atoms with Crippen molar-refractivity contribution in [2.24, 2.45) is 0 Å². The number of hydrogen-bond acceptors (Lipinski definition) is 8. The molecular weight excluding hydrogens is 492 g/mol. The van der Waals surface area contributed by atoms with Gasteiger partial charge in [0.05, 0.1) is 5.75 Å². The molecule has 194 valence electrons. The number of aromatic nitrogens is 5. The first-order valence-electron chi connectivity index (χ1n) is 12.7. The number of carbonyl (C=O) groups excluding carboxylic acids is 1. The molecule has 1 aliphatic carbocycles. The number of carbonyl (C=O) groups is 1. The third-order valence-electron chi connectivity index (χ3n) is 6.43. The Balaban J connectivity index is 1.32. The van der Waals surface area contributed by atoms with Crippen LogP contribution in [0.3, 0.4) is 0 Å². The Morgan fingerprint density at radius 2 is 1.86 bits per heavy atom. The van der Waals surface area contributed by atoms with Crippen molar-refractivity contribution in [2.45, 2.75) is 95.9 Å². The second-order valence-electron chi connectivity index (χ2n) is 10.2. The van der Waals surface area contributed by atoms with Crippen LogP contribution in [0, 0.1) is 0 Å². The summed E-state index contributed by atoms with van der Waals surface area (Å²) >= 11 is 2.86. The summed E-state index contributed by atoms with van der Waals surface area (Å²) in [4.78, 5) is 12.6. The standard InChI is InChI=1S/C26H36N6O2S2/c1-6-32-22(17(2)34-20-14-12-19(13-15-20)26(3,4)5)28-31-25(32)35-16-21(33)27-24-30-29-23(36-24)18-10-8-7-9-11-18/h12-15,17-18H,6-11,16H2,1-5H3,(H,27,30,33). The highest BCUT2D eigenvalue weighted by Gasteiger charge is 2.22. The van der Waals surface area contributed by atoms with E-state index in [1.807, 2.05) is 30.5 Å². The lowest BCUT2D eigenvalue weighted by Gasteiger charge is -2.20. The average Bonchev–Trinajstić information content (AvgIpc) is 3.50. The maximum atomic E-state index is 12.6. The monoisotopic (exact) mass is 528 g/mol. The van der Waals surface area contributed by atoms with Crippen molar-refractivity contribution in [2.75, 3.05) is 11.1 Å². The average molecular weight is 529 g/mol. The molecule has 1 unspecified atom stereocenters. The van der Waals surface area contributed by atoms with Gasteiger partial charge in [0, 0.05) is 12.5 Å². The Kier molecular flexibility index (Phi) is 8.66. The number of nitrogens with zero attached hydrogens (tertiary/aromatic N) is 5. The van der Waals surface area contributed by atoms with Crippen LogP contribution in [0.25, 0.3) is 0 Å². The fourth-order valence-corrected chi connectivity index (χ4v) is 6.12. The van der Waals surface area contributed by atoms with Gasteiger partial charge in [-0.05, 0) is 49.8 Å². The number of rotatable bonds is 9. The molecular formula is C26H36N6O2S2. The highest BCUT2D eigenvalue weighted by molar-refractivity contribution is 7.99. The van der Waals surface area contributed by atoms with Crippen molar-refractivity contribution >= 4 is 34.1 Å². The summed E-state index contributed by atoms with van der Waals surface area (Å²) in [5.74, 6) is 2.11. The number of ether oxygens (including phenoxy) is 1. The van der Waals surface area contributed by atoms with Crippen LogP contribution in [-0.2, 0) is 16.8 Å². The molecule has 0 saturated heterocycles. The normalized spacial score (nSPS) is 15.6. The highest BCUT2D eigenvalue weighted by atomic mass is 32.2. The Morgan fingerprint density at radius 3 is 2.53 bits per heavy atom. The van der Waals surface area contributed by atoms with Gasteiger partial charge in [-0.3, -0.25) is 10.1 Å². The van der Waals surface area contributed by atoms with Crippen molar-refractivity contribution < 1.29 is 9.53 Å². The van der Waals surface area contributed by atoms with Crippen LogP contribution in [-0.4, -0.2) is 36.6 Å². The third-order valence-corrected chi connectivity index (χ3v) is 8.40. The summed E-state index contributed by atoms with van der Waals surface area (Å²) in [5.41, 5.74) is 1.36. The quantitative estimate of drug-likeness (QED) is 0.323. The van der Waals surface area contributed by atoms with E-state index in [1.54, 1.807) is 0 Å². The lowest BCUT2D eigenvalue weighted by molar-refractivity contribution is -0.113. The molecule has 1 aliphatic rings. The first kappa shape index (κ1) is 26.6. The summed E-state index contributed by atoms with van der Waals surface area (Å²) in [7, 11) is 0. The third kappa shape index (κ3) is 6.64. The number of thioether (sulfide) groups is 1. The van der Waals surface area contributed by atoms with Crippen molar-refractivity contribution in [3.05, 3.63) is 40.7 Å². The SMILES string of the molecule is CCn1c(SCC(=O)Nc2nnc(C3CCCCC3)s2)nnc1C(C)Oc1ccc(C(C)(C)C)cc1. The maximum absolute atomic E-state index is 12.6. The van der Waals surface area contributed by atoms with Crippen LogP contribution in [0.2, 0.25) is 0 Å². The smallest absolute Gasteiger partial charge is 0.236 e. The van der Waals surface area contributed by atoms with Crippen LogP contribution in [0.1, 0.15) is 95.1 Å². The molecule has 0 aliphatic heterocycles. The molecule has 1 amide bonds. The largest absolute Gasteiger partial charge is 0.483 e. The lowest BCUT2D eigenvalue weighted by Crippen LogP contribution is -2.15. The summed E-state index contributed by atoms with van der Waals surface area (Å²) in [6, 6.07) is 8.19. The van der Waals surface area contributed by atoms with Crippen molar-refractivity contribution in [1.82, 2.24) is 25.0 Å². The molecule has 0 spiro atoms. The molecule has 1 N–H and O–H groups in total. The fourth-order valence-electron chi connectivity index (χ4n) is 4.38. The van der Waals surface area contributed by atoms with Crippen LogP contribution in [0.15, 0.2) is 29.4 Å². The summed E-state index contributed by atoms with van der Waals surface area (Å²) in [6.07, 6.45) is 5.84. The predicted molar refractivity (Wildman–Crippen MR) is 145 cm³/mol. The Bertz CT molecular complexity index is 1150. The van der Waals surface area contributed by atoms with E-state index in [1.165, 1.54) is 47.9 Å². The zero-order valence-corrected chi connectivity index (χ0v) is 23.4. The summed E-state index contributed by atoms with van der Waals surface area (Å²) < 4.78 is 8.15. The Morgan fingerprint density at radius 1 is 1.14 bits per heavy atom. The number of anilines is 1. The minimum atomic E-state index is -0.277. The molecule has 8 nitrogen and oxygen atoms in total. The van der Waals surface area contributed by atoms with E-state index in [-0.39, 0.29) is 23.2 Å². The van der Waals surface area contributed by atoms with E-state index < -0.39 is 0 Å². The van der Waals surface area contributed by atoms with Crippen LogP contribution in [0.5, 0.6) is 5.75 Å². The van der Waals surface area contributed by atoms with Gasteiger partial charge < -0.3 is 9.30 Å². The summed E-state index contributed by atoms with van der Waals surface area (Å²) in [6.45, 7) is 11.3. The molecule has 3 aromatic rings. The highest BCUT2D eigenvalue weighted by Crippen LogP contribution is 2.35. The number of hydrogen-bond donors (Lipinski definition) is 1. The second-order valence-corrected chi connectivity index (χ2v) is 12.2. The van der Waals surface area contributed by atoms with Gasteiger partial charge in [-0.25, -0.2) is 0 Å². The zero-order valence-electron chi connectivity index (χ0n) is 21.8. The van der Waals surface area contributed by atoms with Gasteiger partial charge in [-0.15, -0.1) is 20.4 Å². The molecule has 4 rings (SSSR count). The molecule has 1 fully saturated rings. The van der Waals surface area contributed by atoms with Gasteiger partial charge in [0.2, 0.25) is 11.0 Å². The second kappa shape index (κ2) is 11.7. The van der Waals surface area contributed by atoms with Gasteiger partial charge in [0.25, 0.3) is 0 Å². The minimum absolute atomic E-state index is 0.0959. The van der Waals surface area contributed by atoms with Gasteiger partial charge in [0.15, 0.2) is 17.1 Å². The van der Waals surface area contributed by atoms with Crippen LogP contribution >= 0.6 is 23.1 Å². The fraction of sp³-hybridized carbons (Fsp3) is 0.577. The van der Waals surface area contributed by atoms with Gasteiger partial charge >= 0.3 is 0 Å². The van der Waals surface area contributed by atoms with E-state index in [4.69, 9.17) is 4.74 Å². The van der Waals surface area contributed by atoms with Gasteiger partial charge in [0.1, 0.15) is 10.8 Å². The van der Waals surface area contributed by atoms with E-state index in [9.17, 15) is 4.79 Å². The molecule has 2 aromatic heterocycles. The van der Waals surface area contributed by atoms with Crippen molar-refractivity contribution in [1.29, 1.82) is 0 Å². The van der Waals surface area contributed by atoms with E-state index >= 15 is 0 Å². The zero-order chi connectivity index (χ0) is 25.7. The number of nitrogens with one attached hydrogen (secondary N) is 1. The van der Waals surface area contributed by atoms with E-state index in [2.05, 4.69) is 58.6 Å². The topological polar surface area (TPSA) is 94.8 Å². The minimum Gasteiger partial charge on any atom is -0.483 e. The number of amides is 1. The van der Waals surface area contributed by atoms with Gasteiger partial charge in [-0.1, -0.05) is 75.3 Å². The van der Waals surface area contributed by atoms with Gasteiger partial charge in [-0.2, -0.15) is 0 Å². The molecule has 0 radical (unpaired) electrons. The molecule has 1 atom stereocenters. The molecule has 2 heterocycles. The van der Waals surface area contributed by atoms with E-state index in [0.29, 0.717) is 22.8 Å². The Hall–Kier alpha value is -2.46. The first-order valence-corrected chi connectivity index (χ1v) is 14.5. The van der Waals surface area contributed by atoms with Crippen molar-refractivity contribution in [3.63, 3.8) is 0 Å². The molecule has 0 bridgehead atoms. The molecule has 36 heavy (non-hydrogen) atoms. The first-order chi connectivity index (χ1) is 17.2. The lowest BCUT2D eigenvalue weighted by atomic mass is 9.87.